The molecule has 202 valence electrons. The van der Waals surface area contributed by atoms with Crippen molar-refractivity contribution >= 4 is 29.1 Å². The number of benzene rings is 2. The molecular weight excluding hydrogens is 516 g/mol. The number of anilines is 1. The number of likely N-dealkylation sites (tertiary alicyclic amines) is 1. The Morgan fingerprint density at radius 1 is 0.737 bits per heavy atom. The lowest BCUT2D eigenvalue weighted by Crippen LogP contribution is -2.49. The van der Waals surface area contributed by atoms with Crippen LogP contribution in [0.2, 0.25) is 0 Å². The zero-order valence-electron chi connectivity index (χ0n) is 20.1. The van der Waals surface area contributed by atoms with Gasteiger partial charge in [0.25, 0.3) is 5.91 Å². The van der Waals surface area contributed by atoms with Gasteiger partial charge in [0.1, 0.15) is 0 Å². The fourth-order valence-corrected chi connectivity index (χ4v) is 4.84. The molecule has 38 heavy (non-hydrogen) atoms. The summed E-state index contributed by atoms with van der Waals surface area (Å²) in [6.07, 6.45) is -15.9. The van der Waals surface area contributed by atoms with Crippen LogP contribution in [0.25, 0.3) is 0 Å². The zero-order chi connectivity index (χ0) is 27.8. The molecule has 0 N–H and O–H groups in total. The molecule has 0 saturated carbocycles. The first-order valence-electron chi connectivity index (χ1n) is 11.8. The Bertz CT molecular complexity index is 1220. The van der Waals surface area contributed by atoms with Gasteiger partial charge in [-0.3, -0.25) is 14.4 Å². The summed E-state index contributed by atoms with van der Waals surface area (Å²) in [5.41, 5.74) is 1.69. The van der Waals surface area contributed by atoms with E-state index >= 15 is 0 Å². The highest BCUT2D eigenvalue weighted by atomic mass is 19.4. The highest BCUT2D eigenvalue weighted by molar-refractivity contribution is 6.21. The lowest BCUT2D eigenvalue weighted by atomic mass is 9.87. The molecule has 2 heterocycles. The molecule has 0 spiro atoms. The fourth-order valence-electron chi connectivity index (χ4n) is 4.84. The number of alkyl halides is 6. The average molecular weight is 539 g/mol. The number of rotatable bonds is 6. The van der Waals surface area contributed by atoms with E-state index in [4.69, 9.17) is 0 Å². The van der Waals surface area contributed by atoms with Crippen molar-refractivity contribution in [2.24, 2.45) is 16.8 Å². The van der Waals surface area contributed by atoms with Crippen molar-refractivity contribution in [2.75, 3.05) is 11.9 Å². The smallest absolute Gasteiger partial charge is 0.311 e. The first-order valence-corrected chi connectivity index (χ1v) is 11.8. The third-order valence-corrected chi connectivity index (χ3v) is 6.69. The Kier molecular flexibility index (Phi) is 7.35. The van der Waals surface area contributed by atoms with Gasteiger partial charge in [0.2, 0.25) is 18.0 Å². The first-order chi connectivity index (χ1) is 17.8. The van der Waals surface area contributed by atoms with Gasteiger partial charge in [-0.05, 0) is 18.9 Å². The number of amides is 3. The molecule has 1 fully saturated rings. The van der Waals surface area contributed by atoms with Crippen LogP contribution in [0, 0.1) is 11.8 Å². The van der Waals surface area contributed by atoms with Crippen molar-refractivity contribution in [2.45, 2.75) is 44.2 Å². The molecular formula is C26H23F6N3O3. The largest absolute Gasteiger partial charge is 0.389 e. The van der Waals surface area contributed by atoms with Gasteiger partial charge in [0, 0.05) is 31.0 Å². The molecule has 6 nitrogen and oxygen atoms in total. The average Bonchev–Trinajstić information content (AvgIpc) is 3.03. The molecule has 4 rings (SSSR count). The monoisotopic (exact) mass is 539 g/mol. The lowest BCUT2D eigenvalue weighted by Gasteiger charge is -2.25. The SMILES string of the molecule is CN1C(=O)[C@H](N2C(=O)[C@@H](CCC(F)(F)F)[C@@H](CCC(F)(F)F)C2=O)N=C(c2ccccc2)c2ccccc21. The number of halogens is 6. The van der Waals surface area contributed by atoms with E-state index in [0.717, 1.165) is 0 Å². The van der Waals surface area contributed by atoms with E-state index in [0.29, 0.717) is 21.7 Å². The Morgan fingerprint density at radius 3 is 1.76 bits per heavy atom. The van der Waals surface area contributed by atoms with Crippen LogP contribution >= 0.6 is 0 Å². The third-order valence-electron chi connectivity index (χ3n) is 6.69. The van der Waals surface area contributed by atoms with E-state index in [1.165, 1.54) is 11.9 Å². The third kappa shape index (κ3) is 5.58. The van der Waals surface area contributed by atoms with Crippen molar-refractivity contribution in [3.05, 3.63) is 65.7 Å². The van der Waals surface area contributed by atoms with Crippen LogP contribution in [0.4, 0.5) is 32.0 Å². The summed E-state index contributed by atoms with van der Waals surface area (Å²) >= 11 is 0. The van der Waals surface area contributed by atoms with Crippen LogP contribution in [0.1, 0.15) is 36.8 Å². The van der Waals surface area contributed by atoms with Gasteiger partial charge in [0.05, 0.1) is 23.2 Å². The molecule has 3 amide bonds. The molecule has 2 aromatic rings. The first kappa shape index (κ1) is 27.3. The molecule has 0 unspecified atom stereocenters. The summed E-state index contributed by atoms with van der Waals surface area (Å²) in [6, 6.07) is 15.2. The van der Waals surface area contributed by atoms with Gasteiger partial charge in [-0.25, -0.2) is 9.89 Å². The Morgan fingerprint density at radius 2 is 1.24 bits per heavy atom. The van der Waals surface area contributed by atoms with E-state index in [-0.39, 0.29) is 5.71 Å². The number of imide groups is 1. The van der Waals surface area contributed by atoms with Crippen molar-refractivity contribution in [1.29, 1.82) is 0 Å². The topological polar surface area (TPSA) is 70.1 Å². The summed E-state index contributed by atoms with van der Waals surface area (Å²) in [6.45, 7) is 0. The fraction of sp³-hybridized carbons (Fsp3) is 0.385. The van der Waals surface area contributed by atoms with Crippen molar-refractivity contribution < 1.29 is 40.7 Å². The van der Waals surface area contributed by atoms with Crippen LogP contribution in [-0.2, 0) is 14.4 Å². The van der Waals surface area contributed by atoms with Crippen molar-refractivity contribution in [3.8, 4) is 0 Å². The van der Waals surface area contributed by atoms with E-state index in [1.807, 2.05) is 0 Å². The molecule has 0 bridgehead atoms. The van der Waals surface area contributed by atoms with E-state index < -0.39 is 73.8 Å². The number of fused-ring (bicyclic) bond motifs is 1. The molecule has 1 saturated heterocycles. The van der Waals surface area contributed by atoms with E-state index in [1.54, 1.807) is 54.6 Å². The minimum absolute atomic E-state index is 0.245. The van der Waals surface area contributed by atoms with Gasteiger partial charge >= 0.3 is 12.4 Å². The maximum Gasteiger partial charge on any atom is 0.389 e. The van der Waals surface area contributed by atoms with Gasteiger partial charge in [-0.1, -0.05) is 48.5 Å². The number of aliphatic imine (C=N–C) groups is 1. The molecule has 0 aliphatic carbocycles. The van der Waals surface area contributed by atoms with E-state index in [9.17, 15) is 40.7 Å². The summed E-state index contributed by atoms with van der Waals surface area (Å²) in [4.78, 5) is 46.3. The van der Waals surface area contributed by atoms with Gasteiger partial charge in [-0.2, -0.15) is 26.3 Å². The number of carbonyl (C=O) groups is 3. The number of para-hydroxylation sites is 1. The summed E-state index contributed by atoms with van der Waals surface area (Å²) < 4.78 is 77.8. The predicted molar refractivity (Wildman–Crippen MR) is 125 cm³/mol. The second kappa shape index (κ2) is 10.2. The number of benzodiazepines with no additional fused rings is 1. The van der Waals surface area contributed by atoms with Crippen LogP contribution in [0.15, 0.2) is 59.6 Å². The van der Waals surface area contributed by atoms with E-state index in [2.05, 4.69) is 4.99 Å². The van der Waals surface area contributed by atoms with Crippen molar-refractivity contribution in [3.63, 3.8) is 0 Å². The summed E-state index contributed by atoms with van der Waals surface area (Å²) in [5, 5.41) is 0. The number of hydrogen-bond donors (Lipinski definition) is 0. The van der Waals surface area contributed by atoms with Crippen LogP contribution in [0.5, 0.6) is 0 Å². The van der Waals surface area contributed by atoms with Gasteiger partial charge in [-0.15, -0.1) is 0 Å². The zero-order valence-corrected chi connectivity index (χ0v) is 20.1. The summed E-state index contributed by atoms with van der Waals surface area (Å²) in [7, 11) is 1.39. The normalized spacial score (nSPS) is 22.4. The Hall–Kier alpha value is -3.70. The number of nitrogens with zero attached hydrogens (tertiary/aromatic N) is 3. The second-order valence-electron chi connectivity index (χ2n) is 9.20. The van der Waals surface area contributed by atoms with Gasteiger partial charge < -0.3 is 4.90 Å². The summed E-state index contributed by atoms with van der Waals surface area (Å²) in [5.74, 6) is -6.42. The highest BCUT2D eigenvalue weighted by Gasteiger charge is 2.53. The molecule has 2 aliphatic heterocycles. The molecule has 2 aromatic carbocycles. The molecule has 2 aliphatic rings. The number of likely N-dealkylation sites (N-methyl/N-ethyl adjacent to an activating group) is 1. The molecule has 12 heteroatoms. The predicted octanol–water partition coefficient (Wildman–Crippen LogP) is 5.11. The molecule has 3 atom stereocenters. The van der Waals surface area contributed by atoms with Crippen LogP contribution in [-0.4, -0.2) is 53.9 Å². The second-order valence-corrected chi connectivity index (χ2v) is 9.20. The maximum absolute atomic E-state index is 13.5. The Balaban J connectivity index is 1.79. The lowest BCUT2D eigenvalue weighted by molar-refractivity contribution is -0.148. The minimum Gasteiger partial charge on any atom is -0.311 e. The van der Waals surface area contributed by atoms with Crippen molar-refractivity contribution in [1.82, 2.24) is 4.90 Å². The number of carbonyl (C=O) groups excluding carboxylic acids is 3. The van der Waals surface area contributed by atoms with Gasteiger partial charge in [0.15, 0.2) is 0 Å². The molecule has 0 radical (unpaired) electrons. The van der Waals surface area contributed by atoms with Crippen LogP contribution < -0.4 is 4.90 Å². The Labute approximate surface area is 213 Å². The molecule has 0 aromatic heterocycles. The standard InChI is InChI=1S/C26H23F6N3O3/c1-34-19-10-6-5-9-18(19)20(15-7-3-2-4-8-15)33-21(24(34)38)35-22(36)16(11-13-25(27,28)29)17(23(35)37)12-14-26(30,31)32/h2-10,16-17,21H,11-14H2,1H3/t16-,17+,21-/m0/s1. The maximum atomic E-state index is 13.5. The van der Waals surface area contributed by atoms with Crippen LogP contribution in [0.3, 0.4) is 0 Å². The highest BCUT2D eigenvalue weighted by Crippen LogP contribution is 2.40. The quantitative estimate of drug-likeness (QED) is 0.378. The minimum atomic E-state index is -4.69. The number of hydrogen-bond acceptors (Lipinski definition) is 4.